The highest BCUT2D eigenvalue weighted by Gasteiger charge is 2.11. The normalized spacial score (nSPS) is 12.7. The molecule has 1 rings (SSSR count). The van der Waals surface area contributed by atoms with Gasteiger partial charge in [0.25, 0.3) is 0 Å². The maximum atomic E-state index is 11.6. The van der Waals surface area contributed by atoms with Crippen molar-refractivity contribution in [2.24, 2.45) is 5.92 Å². The summed E-state index contributed by atoms with van der Waals surface area (Å²) in [6.07, 6.45) is 1.67. The topological polar surface area (TPSA) is 80.0 Å². The SMILES string of the molecule is CC(CO)CNC(=O)CSc1nncn1C(C)C. The molecule has 102 valence electrons. The van der Waals surface area contributed by atoms with Gasteiger partial charge in [-0.05, 0) is 19.8 Å². The van der Waals surface area contributed by atoms with Crippen LogP contribution in [-0.2, 0) is 4.79 Å². The minimum atomic E-state index is -0.0568. The van der Waals surface area contributed by atoms with Crippen LogP contribution in [0.15, 0.2) is 11.5 Å². The largest absolute Gasteiger partial charge is 0.396 e. The third kappa shape index (κ3) is 4.66. The summed E-state index contributed by atoms with van der Waals surface area (Å²) in [7, 11) is 0. The standard InChI is InChI=1S/C11H20N4O2S/c1-8(2)15-7-13-14-11(15)18-6-10(17)12-4-9(3)5-16/h7-9,16H,4-6H2,1-3H3,(H,12,17). The molecule has 0 spiro atoms. The van der Waals surface area contributed by atoms with Crippen molar-refractivity contribution in [3.05, 3.63) is 6.33 Å². The number of aliphatic hydroxyl groups is 1. The summed E-state index contributed by atoms with van der Waals surface area (Å²) < 4.78 is 1.92. The molecule has 1 amide bonds. The van der Waals surface area contributed by atoms with E-state index < -0.39 is 0 Å². The molecule has 0 aromatic carbocycles. The van der Waals surface area contributed by atoms with Gasteiger partial charge in [0.15, 0.2) is 5.16 Å². The minimum Gasteiger partial charge on any atom is -0.396 e. The average molecular weight is 272 g/mol. The summed E-state index contributed by atoms with van der Waals surface area (Å²) in [6.45, 7) is 6.53. The van der Waals surface area contributed by atoms with Gasteiger partial charge in [-0.25, -0.2) is 0 Å². The zero-order valence-corrected chi connectivity index (χ0v) is 11.8. The number of rotatable bonds is 7. The Morgan fingerprint density at radius 3 is 2.89 bits per heavy atom. The quantitative estimate of drug-likeness (QED) is 0.714. The first-order chi connectivity index (χ1) is 8.54. The fourth-order valence-corrected chi connectivity index (χ4v) is 2.10. The van der Waals surface area contributed by atoms with Crippen LogP contribution in [0.3, 0.4) is 0 Å². The summed E-state index contributed by atoms with van der Waals surface area (Å²) in [6, 6.07) is 0.278. The number of aromatic nitrogens is 3. The number of hydrogen-bond acceptors (Lipinski definition) is 5. The van der Waals surface area contributed by atoms with E-state index in [9.17, 15) is 4.79 Å². The third-order valence-corrected chi connectivity index (χ3v) is 3.35. The number of nitrogens with one attached hydrogen (secondary N) is 1. The predicted molar refractivity (Wildman–Crippen MR) is 70.4 cm³/mol. The van der Waals surface area contributed by atoms with Gasteiger partial charge in [0.1, 0.15) is 6.33 Å². The Morgan fingerprint density at radius 1 is 1.56 bits per heavy atom. The van der Waals surface area contributed by atoms with E-state index in [1.165, 1.54) is 11.8 Å². The second kappa shape index (κ2) is 7.38. The van der Waals surface area contributed by atoms with Gasteiger partial charge < -0.3 is 15.0 Å². The molecular weight excluding hydrogens is 252 g/mol. The van der Waals surface area contributed by atoms with E-state index in [1.54, 1.807) is 6.33 Å². The third-order valence-electron chi connectivity index (χ3n) is 2.39. The van der Waals surface area contributed by atoms with Crippen LogP contribution >= 0.6 is 11.8 Å². The molecule has 0 aliphatic rings. The predicted octanol–water partition coefficient (Wildman–Crippen LogP) is 0.696. The molecule has 1 aromatic rings. The Labute approximate surface area is 111 Å². The van der Waals surface area contributed by atoms with Crippen LogP contribution in [0.4, 0.5) is 0 Å². The molecule has 7 heteroatoms. The Morgan fingerprint density at radius 2 is 2.28 bits per heavy atom. The summed E-state index contributed by atoms with van der Waals surface area (Å²) >= 11 is 1.36. The molecule has 0 saturated carbocycles. The molecule has 0 fully saturated rings. The fraction of sp³-hybridized carbons (Fsp3) is 0.727. The van der Waals surface area contributed by atoms with Crippen molar-refractivity contribution in [2.75, 3.05) is 18.9 Å². The van der Waals surface area contributed by atoms with Crippen LogP contribution in [0, 0.1) is 5.92 Å². The molecule has 0 aliphatic heterocycles. The average Bonchev–Trinajstić information content (AvgIpc) is 2.81. The fourth-order valence-electron chi connectivity index (χ4n) is 1.22. The van der Waals surface area contributed by atoms with E-state index in [0.29, 0.717) is 12.3 Å². The number of carbonyl (C=O) groups is 1. The Hall–Kier alpha value is -1.08. The summed E-state index contributed by atoms with van der Waals surface area (Å²) in [5, 5.41) is 20.2. The van der Waals surface area contributed by atoms with E-state index in [1.807, 2.05) is 25.3 Å². The van der Waals surface area contributed by atoms with Gasteiger partial charge in [0.2, 0.25) is 5.91 Å². The Balaban J connectivity index is 2.36. The van der Waals surface area contributed by atoms with E-state index in [4.69, 9.17) is 5.11 Å². The summed E-state index contributed by atoms with van der Waals surface area (Å²) in [5.74, 6) is 0.334. The lowest BCUT2D eigenvalue weighted by Gasteiger charge is -2.11. The van der Waals surface area contributed by atoms with Gasteiger partial charge >= 0.3 is 0 Å². The van der Waals surface area contributed by atoms with E-state index in [0.717, 1.165) is 5.16 Å². The molecule has 0 aliphatic carbocycles. The maximum absolute atomic E-state index is 11.6. The molecule has 0 saturated heterocycles. The number of nitrogens with zero attached hydrogens (tertiary/aromatic N) is 3. The smallest absolute Gasteiger partial charge is 0.230 e. The van der Waals surface area contributed by atoms with Crippen molar-refractivity contribution in [1.82, 2.24) is 20.1 Å². The highest BCUT2D eigenvalue weighted by atomic mass is 32.2. The zero-order valence-electron chi connectivity index (χ0n) is 11.0. The Bertz CT molecular complexity index is 381. The molecule has 1 aromatic heterocycles. The number of thioether (sulfide) groups is 1. The number of carbonyl (C=O) groups excluding carboxylic acids is 1. The number of amides is 1. The van der Waals surface area contributed by atoms with Crippen LogP contribution in [0.2, 0.25) is 0 Å². The highest BCUT2D eigenvalue weighted by molar-refractivity contribution is 7.99. The zero-order chi connectivity index (χ0) is 13.5. The number of aliphatic hydroxyl groups excluding tert-OH is 1. The van der Waals surface area contributed by atoms with Crippen LogP contribution in [-0.4, -0.2) is 44.7 Å². The van der Waals surface area contributed by atoms with Gasteiger partial charge in [-0.3, -0.25) is 4.79 Å². The van der Waals surface area contributed by atoms with Gasteiger partial charge in [-0.2, -0.15) is 0 Å². The Kier molecular flexibility index (Phi) is 6.14. The van der Waals surface area contributed by atoms with Crippen molar-refractivity contribution >= 4 is 17.7 Å². The minimum absolute atomic E-state index is 0.0568. The van der Waals surface area contributed by atoms with Crippen LogP contribution in [0.1, 0.15) is 26.8 Å². The monoisotopic (exact) mass is 272 g/mol. The van der Waals surface area contributed by atoms with E-state index >= 15 is 0 Å². The first-order valence-corrected chi connectivity index (χ1v) is 6.93. The molecule has 1 unspecified atom stereocenters. The van der Waals surface area contributed by atoms with Crippen LogP contribution < -0.4 is 5.32 Å². The van der Waals surface area contributed by atoms with Gasteiger partial charge in [0, 0.05) is 19.2 Å². The van der Waals surface area contributed by atoms with Gasteiger partial charge in [-0.1, -0.05) is 18.7 Å². The van der Waals surface area contributed by atoms with Crippen LogP contribution in [0.25, 0.3) is 0 Å². The molecule has 2 N–H and O–H groups in total. The molecule has 1 heterocycles. The van der Waals surface area contributed by atoms with Crippen molar-refractivity contribution in [3.8, 4) is 0 Å². The number of hydrogen-bond donors (Lipinski definition) is 2. The lowest BCUT2D eigenvalue weighted by atomic mass is 10.2. The first-order valence-electron chi connectivity index (χ1n) is 5.94. The highest BCUT2D eigenvalue weighted by Crippen LogP contribution is 2.18. The lowest BCUT2D eigenvalue weighted by Crippen LogP contribution is -2.30. The maximum Gasteiger partial charge on any atom is 0.230 e. The van der Waals surface area contributed by atoms with Crippen molar-refractivity contribution in [2.45, 2.75) is 32.0 Å². The second-order valence-electron chi connectivity index (χ2n) is 4.50. The van der Waals surface area contributed by atoms with Gasteiger partial charge in [-0.15, -0.1) is 10.2 Å². The van der Waals surface area contributed by atoms with Crippen molar-refractivity contribution in [3.63, 3.8) is 0 Å². The molecule has 6 nitrogen and oxygen atoms in total. The molecule has 1 atom stereocenters. The molecule has 0 bridgehead atoms. The summed E-state index contributed by atoms with van der Waals surface area (Å²) in [5.41, 5.74) is 0. The van der Waals surface area contributed by atoms with E-state index in [-0.39, 0.29) is 24.5 Å². The van der Waals surface area contributed by atoms with Gasteiger partial charge in [0.05, 0.1) is 5.75 Å². The van der Waals surface area contributed by atoms with Crippen molar-refractivity contribution in [1.29, 1.82) is 0 Å². The molecular formula is C11H20N4O2S. The molecule has 18 heavy (non-hydrogen) atoms. The second-order valence-corrected chi connectivity index (χ2v) is 5.44. The summed E-state index contributed by atoms with van der Waals surface area (Å²) in [4.78, 5) is 11.6. The van der Waals surface area contributed by atoms with E-state index in [2.05, 4.69) is 15.5 Å². The van der Waals surface area contributed by atoms with Crippen LogP contribution in [0.5, 0.6) is 0 Å². The van der Waals surface area contributed by atoms with Crippen molar-refractivity contribution < 1.29 is 9.90 Å². The lowest BCUT2D eigenvalue weighted by molar-refractivity contribution is -0.118. The molecule has 0 radical (unpaired) electrons. The first kappa shape index (κ1) is 15.0.